The van der Waals surface area contributed by atoms with Crippen molar-refractivity contribution in [2.24, 2.45) is 0 Å². The van der Waals surface area contributed by atoms with Gasteiger partial charge in [-0.15, -0.1) is 0 Å². The Hall–Kier alpha value is -4.40. The van der Waals surface area contributed by atoms with Crippen molar-refractivity contribution in [3.63, 3.8) is 0 Å². The van der Waals surface area contributed by atoms with Gasteiger partial charge in [0.15, 0.2) is 23.0 Å². The Morgan fingerprint density at radius 1 is 0.784 bits per heavy atom. The Balaban J connectivity index is 1.89. The molecule has 0 saturated heterocycles. The fourth-order valence-electron chi connectivity index (χ4n) is 4.71. The molecule has 0 aliphatic carbocycles. The highest BCUT2D eigenvalue weighted by Crippen LogP contribution is 2.47. The molecule has 2 atom stereocenters. The van der Waals surface area contributed by atoms with Crippen molar-refractivity contribution in [3.05, 3.63) is 71.3 Å². The summed E-state index contributed by atoms with van der Waals surface area (Å²) in [6, 6.07) is 15.1. The summed E-state index contributed by atoms with van der Waals surface area (Å²) in [5.41, 5.74) is 2.17. The highest BCUT2D eigenvalue weighted by Gasteiger charge is 2.44. The van der Waals surface area contributed by atoms with E-state index < -0.39 is 12.0 Å². The molecule has 2 amide bonds. The fraction of sp³-hybridized carbons (Fsp3) is 0.286. The maximum Gasteiger partial charge on any atom is 0.254 e. The van der Waals surface area contributed by atoms with Crippen LogP contribution in [0.25, 0.3) is 0 Å². The zero-order chi connectivity index (χ0) is 26.7. The third-order valence-corrected chi connectivity index (χ3v) is 6.54. The molecule has 37 heavy (non-hydrogen) atoms. The van der Waals surface area contributed by atoms with Crippen molar-refractivity contribution in [1.82, 2.24) is 4.90 Å². The molecule has 1 heterocycles. The van der Waals surface area contributed by atoms with Crippen molar-refractivity contribution in [1.29, 1.82) is 0 Å². The van der Waals surface area contributed by atoms with Gasteiger partial charge in [-0.2, -0.15) is 0 Å². The number of ether oxygens (including phenoxy) is 5. The molecule has 9 heteroatoms. The Morgan fingerprint density at radius 2 is 1.43 bits per heavy atom. The van der Waals surface area contributed by atoms with E-state index in [0.717, 1.165) is 0 Å². The first-order chi connectivity index (χ1) is 17.9. The van der Waals surface area contributed by atoms with Crippen LogP contribution in [0.2, 0.25) is 0 Å². The van der Waals surface area contributed by atoms with Gasteiger partial charge in [-0.25, -0.2) is 0 Å². The highest BCUT2D eigenvalue weighted by atomic mass is 16.5. The molecule has 0 radical (unpaired) electrons. The van der Waals surface area contributed by atoms with Crippen LogP contribution in [0.3, 0.4) is 0 Å². The van der Waals surface area contributed by atoms with Crippen molar-refractivity contribution in [3.8, 4) is 28.7 Å². The van der Waals surface area contributed by atoms with Gasteiger partial charge in [-0.05, 0) is 47.5 Å². The smallest absolute Gasteiger partial charge is 0.254 e. The SMILES string of the molecule is COc1cccc(NC(=O)[C@@H]2c3cc(OC)c(OC)cc3C(=O)N(C)[C@@H]2c2ccc(OC)c(OC)c2)c1. The van der Waals surface area contributed by atoms with Crippen molar-refractivity contribution in [2.45, 2.75) is 12.0 Å². The van der Waals surface area contributed by atoms with E-state index in [1.54, 1.807) is 74.7 Å². The van der Waals surface area contributed by atoms with E-state index in [1.165, 1.54) is 21.3 Å². The van der Waals surface area contributed by atoms with Gasteiger partial charge in [0.25, 0.3) is 5.91 Å². The van der Waals surface area contributed by atoms with Crippen LogP contribution in [0.4, 0.5) is 5.69 Å². The predicted molar refractivity (Wildman–Crippen MR) is 138 cm³/mol. The summed E-state index contributed by atoms with van der Waals surface area (Å²) in [6.45, 7) is 0. The molecule has 0 bridgehead atoms. The Labute approximate surface area is 215 Å². The average molecular weight is 507 g/mol. The number of nitrogens with zero attached hydrogens (tertiary/aromatic N) is 1. The van der Waals surface area contributed by atoms with Crippen LogP contribution in [-0.2, 0) is 4.79 Å². The average Bonchev–Trinajstić information content (AvgIpc) is 2.93. The second-order valence-corrected chi connectivity index (χ2v) is 8.47. The van der Waals surface area contributed by atoms with Gasteiger partial charge in [-0.1, -0.05) is 12.1 Å². The van der Waals surface area contributed by atoms with Crippen molar-refractivity contribution >= 4 is 17.5 Å². The summed E-state index contributed by atoms with van der Waals surface area (Å²) in [7, 11) is 9.34. The Morgan fingerprint density at radius 3 is 2.08 bits per heavy atom. The molecule has 194 valence electrons. The van der Waals surface area contributed by atoms with E-state index in [4.69, 9.17) is 23.7 Å². The number of rotatable bonds is 8. The number of likely N-dealkylation sites (N-methyl/N-ethyl adjacent to an activating group) is 1. The van der Waals surface area contributed by atoms with Crippen LogP contribution in [-0.4, -0.2) is 59.3 Å². The molecule has 9 nitrogen and oxygen atoms in total. The fourth-order valence-corrected chi connectivity index (χ4v) is 4.71. The lowest BCUT2D eigenvalue weighted by Gasteiger charge is -2.40. The monoisotopic (exact) mass is 506 g/mol. The molecule has 0 aromatic heterocycles. The molecule has 4 rings (SSSR count). The zero-order valence-corrected chi connectivity index (χ0v) is 21.7. The Kier molecular flexibility index (Phi) is 7.42. The molecule has 3 aromatic rings. The summed E-state index contributed by atoms with van der Waals surface area (Å²) < 4.78 is 27.1. The van der Waals surface area contributed by atoms with E-state index in [-0.39, 0.29) is 11.8 Å². The highest BCUT2D eigenvalue weighted by molar-refractivity contribution is 6.05. The van der Waals surface area contributed by atoms with Gasteiger partial charge >= 0.3 is 0 Å². The molecule has 0 fully saturated rings. The number of fused-ring (bicyclic) bond motifs is 1. The summed E-state index contributed by atoms with van der Waals surface area (Å²) in [5.74, 6) is 1.12. The van der Waals surface area contributed by atoms with Crippen LogP contribution in [0.5, 0.6) is 28.7 Å². The van der Waals surface area contributed by atoms with Crippen LogP contribution >= 0.6 is 0 Å². The van der Waals surface area contributed by atoms with Crippen LogP contribution in [0, 0.1) is 0 Å². The normalized spacial score (nSPS) is 16.5. The maximum atomic E-state index is 14.0. The molecule has 1 N–H and O–H groups in total. The summed E-state index contributed by atoms with van der Waals surface area (Å²) in [4.78, 5) is 29.1. The van der Waals surface area contributed by atoms with Gasteiger partial charge in [0, 0.05) is 24.4 Å². The lowest BCUT2D eigenvalue weighted by molar-refractivity contribution is -0.119. The molecule has 0 spiro atoms. The maximum absolute atomic E-state index is 14.0. The predicted octanol–water partition coefficient (Wildman–Crippen LogP) is 4.28. The van der Waals surface area contributed by atoms with E-state index in [2.05, 4.69) is 5.32 Å². The first-order valence-electron chi connectivity index (χ1n) is 11.6. The number of hydrogen-bond acceptors (Lipinski definition) is 7. The lowest BCUT2D eigenvalue weighted by Crippen LogP contribution is -2.44. The molecule has 0 unspecified atom stereocenters. The topological polar surface area (TPSA) is 95.6 Å². The van der Waals surface area contributed by atoms with Gasteiger partial charge in [0.2, 0.25) is 5.91 Å². The van der Waals surface area contributed by atoms with Gasteiger partial charge < -0.3 is 33.9 Å². The first-order valence-corrected chi connectivity index (χ1v) is 11.6. The lowest BCUT2D eigenvalue weighted by atomic mass is 9.79. The van der Waals surface area contributed by atoms with Crippen molar-refractivity contribution < 1.29 is 33.3 Å². The minimum Gasteiger partial charge on any atom is -0.497 e. The van der Waals surface area contributed by atoms with E-state index in [1.807, 2.05) is 6.07 Å². The summed E-state index contributed by atoms with van der Waals surface area (Å²) in [5, 5.41) is 2.99. The molecule has 0 saturated carbocycles. The quantitative estimate of drug-likeness (QED) is 0.487. The van der Waals surface area contributed by atoms with Gasteiger partial charge in [0.1, 0.15) is 5.75 Å². The number of methoxy groups -OCH3 is 5. The van der Waals surface area contributed by atoms with Crippen LogP contribution < -0.4 is 29.0 Å². The third-order valence-electron chi connectivity index (χ3n) is 6.54. The molecular weight excluding hydrogens is 476 g/mol. The summed E-state index contributed by atoms with van der Waals surface area (Å²) in [6.07, 6.45) is 0. The molecule has 3 aromatic carbocycles. The zero-order valence-electron chi connectivity index (χ0n) is 21.7. The number of nitrogens with one attached hydrogen (secondary N) is 1. The van der Waals surface area contributed by atoms with Crippen molar-refractivity contribution in [2.75, 3.05) is 47.9 Å². The van der Waals surface area contributed by atoms with Gasteiger partial charge in [0.05, 0.1) is 47.5 Å². The minimum atomic E-state index is -0.790. The second kappa shape index (κ2) is 10.7. The third kappa shape index (κ3) is 4.72. The standard InChI is InChI=1S/C28H30N2O7/c1-30-26(16-10-11-21(34-3)22(12-16)35-4)25(27(31)29-17-8-7-9-18(13-17)33-2)19-14-23(36-5)24(37-6)15-20(19)28(30)32/h7-15,25-26H,1-6H3,(H,29,31)/t25-,26-/m1/s1. The first kappa shape index (κ1) is 25.7. The number of amides is 2. The number of benzene rings is 3. The molecule has 1 aliphatic rings. The van der Waals surface area contributed by atoms with Crippen LogP contribution in [0.15, 0.2) is 54.6 Å². The number of anilines is 1. The molecular formula is C28H30N2O7. The minimum absolute atomic E-state index is 0.249. The van der Waals surface area contributed by atoms with E-state index in [0.29, 0.717) is 51.1 Å². The number of carbonyl (C=O) groups excluding carboxylic acids is 2. The molecule has 1 aliphatic heterocycles. The van der Waals surface area contributed by atoms with Gasteiger partial charge in [-0.3, -0.25) is 9.59 Å². The summed E-state index contributed by atoms with van der Waals surface area (Å²) >= 11 is 0. The largest absolute Gasteiger partial charge is 0.497 e. The second-order valence-electron chi connectivity index (χ2n) is 8.47. The van der Waals surface area contributed by atoms with E-state index in [9.17, 15) is 9.59 Å². The number of carbonyl (C=O) groups is 2. The number of hydrogen-bond donors (Lipinski definition) is 1. The Bertz CT molecular complexity index is 1320. The van der Waals surface area contributed by atoms with Crippen LogP contribution in [0.1, 0.15) is 33.4 Å². The van der Waals surface area contributed by atoms with E-state index >= 15 is 0 Å².